The van der Waals surface area contributed by atoms with Crippen molar-refractivity contribution >= 4 is 53.3 Å². The van der Waals surface area contributed by atoms with Crippen molar-refractivity contribution in [2.45, 2.75) is 19.3 Å². The highest BCUT2D eigenvalue weighted by Crippen LogP contribution is 2.52. The lowest BCUT2D eigenvalue weighted by atomic mass is 9.81. The number of hydrogen-bond donors (Lipinski definition) is 0. The van der Waals surface area contributed by atoms with Gasteiger partial charge >= 0.3 is 0 Å². The van der Waals surface area contributed by atoms with Crippen LogP contribution >= 0.6 is 11.3 Å². The maximum absolute atomic E-state index is 5.17. The van der Waals surface area contributed by atoms with Crippen molar-refractivity contribution in [1.82, 2.24) is 19.5 Å². The van der Waals surface area contributed by atoms with Gasteiger partial charge in [-0.15, -0.1) is 11.3 Å². The molecule has 0 N–H and O–H groups in total. The number of rotatable bonds is 5. The second kappa shape index (κ2) is 12.9. The van der Waals surface area contributed by atoms with E-state index in [0.29, 0.717) is 17.6 Å². The molecule has 0 unspecified atom stereocenters. The van der Waals surface area contributed by atoms with Crippen molar-refractivity contribution in [3.8, 4) is 62.1 Å². The number of hydrogen-bond acceptors (Lipinski definition) is 4. The molecule has 12 rings (SSSR count). The van der Waals surface area contributed by atoms with E-state index < -0.39 is 0 Å². The van der Waals surface area contributed by atoms with Crippen LogP contribution in [0.1, 0.15) is 25.0 Å². The van der Waals surface area contributed by atoms with Crippen molar-refractivity contribution in [1.29, 1.82) is 0 Å². The van der Waals surface area contributed by atoms with Gasteiger partial charge < -0.3 is 0 Å². The third kappa shape index (κ3) is 5.25. The molecule has 0 bridgehead atoms. The van der Waals surface area contributed by atoms with Crippen molar-refractivity contribution in [2.24, 2.45) is 0 Å². The van der Waals surface area contributed by atoms with Crippen molar-refractivity contribution < 1.29 is 0 Å². The Hall–Kier alpha value is -7.21. The number of thiophene rings is 1. The van der Waals surface area contributed by atoms with Crippen LogP contribution in [-0.4, -0.2) is 19.5 Å². The van der Waals surface area contributed by atoms with Crippen LogP contribution in [0, 0.1) is 0 Å². The van der Waals surface area contributed by atoms with Gasteiger partial charge in [-0.2, -0.15) is 9.97 Å². The van der Waals surface area contributed by atoms with Gasteiger partial charge in [-0.3, -0.25) is 4.57 Å². The molecule has 11 aromatic rings. The van der Waals surface area contributed by atoms with Gasteiger partial charge in [-0.25, -0.2) is 4.98 Å². The molecule has 0 saturated carbocycles. The zero-order valence-corrected chi connectivity index (χ0v) is 33.3. The van der Waals surface area contributed by atoms with Crippen LogP contribution in [0.4, 0.5) is 0 Å². The molecule has 1 aliphatic rings. The predicted octanol–water partition coefficient (Wildman–Crippen LogP) is 14.3. The van der Waals surface area contributed by atoms with Crippen LogP contribution in [0.25, 0.3) is 104 Å². The number of nitrogens with zero attached hydrogens (tertiary/aromatic N) is 4. The third-order valence-electron chi connectivity index (χ3n) is 12.3. The Morgan fingerprint density at radius 3 is 1.76 bits per heavy atom. The van der Waals surface area contributed by atoms with Gasteiger partial charge in [0.2, 0.25) is 5.95 Å². The van der Waals surface area contributed by atoms with E-state index in [4.69, 9.17) is 15.0 Å². The van der Waals surface area contributed by atoms with Gasteiger partial charge in [0.05, 0.1) is 11.0 Å². The molecule has 4 nitrogen and oxygen atoms in total. The average molecular weight is 773 g/mol. The molecule has 0 radical (unpaired) electrons. The lowest BCUT2D eigenvalue weighted by molar-refractivity contribution is 0.661. The maximum atomic E-state index is 5.17. The largest absolute Gasteiger partial charge is 0.278 e. The quantitative estimate of drug-likeness (QED) is 0.175. The second-order valence-corrected chi connectivity index (χ2v) is 17.1. The summed E-state index contributed by atoms with van der Waals surface area (Å²) in [6.45, 7) is 4.73. The minimum Gasteiger partial charge on any atom is -0.278 e. The van der Waals surface area contributed by atoms with Gasteiger partial charge in [0.1, 0.15) is 0 Å². The first-order valence-electron chi connectivity index (χ1n) is 20.1. The van der Waals surface area contributed by atoms with E-state index in [1.54, 1.807) is 0 Å². The number of fused-ring (bicyclic) bond motifs is 9. The van der Waals surface area contributed by atoms with Gasteiger partial charge in [0.15, 0.2) is 11.6 Å². The molecular formula is C54H36N4S. The first-order valence-corrected chi connectivity index (χ1v) is 20.9. The van der Waals surface area contributed by atoms with Crippen molar-refractivity contribution in [3.63, 3.8) is 0 Å². The zero-order chi connectivity index (χ0) is 39.2. The summed E-state index contributed by atoms with van der Waals surface area (Å²) < 4.78 is 4.90. The van der Waals surface area contributed by atoms with Crippen LogP contribution in [-0.2, 0) is 5.41 Å². The summed E-state index contributed by atoms with van der Waals surface area (Å²) in [6, 6.07) is 65.3. The zero-order valence-electron chi connectivity index (χ0n) is 32.5. The van der Waals surface area contributed by atoms with Crippen LogP contribution in [0.2, 0.25) is 0 Å². The van der Waals surface area contributed by atoms with E-state index in [0.717, 1.165) is 22.2 Å². The molecule has 0 aliphatic heterocycles. The fraction of sp³-hybridized carbons (Fsp3) is 0.0556. The maximum Gasteiger partial charge on any atom is 0.238 e. The Morgan fingerprint density at radius 2 is 1.02 bits per heavy atom. The molecule has 3 heterocycles. The van der Waals surface area contributed by atoms with Crippen LogP contribution in [0.3, 0.4) is 0 Å². The van der Waals surface area contributed by atoms with Gasteiger partial charge in [-0.05, 0) is 74.8 Å². The molecule has 5 heteroatoms. The molecular weight excluding hydrogens is 737 g/mol. The van der Waals surface area contributed by atoms with Gasteiger partial charge in [-0.1, -0.05) is 166 Å². The summed E-state index contributed by atoms with van der Waals surface area (Å²) in [7, 11) is 0. The van der Waals surface area contributed by atoms with Gasteiger partial charge in [0.25, 0.3) is 0 Å². The third-order valence-corrected chi connectivity index (χ3v) is 13.5. The van der Waals surface area contributed by atoms with E-state index >= 15 is 0 Å². The summed E-state index contributed by atoms with van der Waals surface area (Å²) >= 11 is 1.88. The highest BCUT2D eigenvalue weighted by molar-refractivity contribution is 7.26. The van der Waals surface area contributed by atoms with E-state index in [-0.39, 0.29) is 5.41 Å². The molecule has 0 amide bonds. The first-order chi connectivity index (χ1) is 29.0. The summed E-state index contributed by atoms with van der Waals surface area (Å²) in [6.07, 6.45) is 0. The smallest absolute Gasteiger partial charge is 0.238 e. The van der Waals surface area contributed by atoms with Crippen LogP contribution in [0.15, 0.2) is 182 Å². The highest BCUT2D eigenvalue weighted by atomic mass is 32.1. The first kappa shape index (κ1) is 33.9. The summed E-state index contributed by atoms with van der Waals surface area (Å²) in [5.74, 6) is 1.89. The number of para-hydroxylation sites is 1. The summed E-state index contributed by atoms with van der Waals surface area (Å²) in [4.78, 5) is 15.3. The molecule has 0 saturated heterocycles. The van der Waals surface area contributed by atoms with Crippen LogP contribution in [0.5, 0.6) is 0 Å². The molecule has 0 spiro atoms. The predicted molar refractivity (Wildman–Crippen MR) is 246 cm³/mol. The van der Waals surface area contributed by atoms with E-state index in [1.807, 2.05) is 47.7 Å². The lowest BCUT2D eigenvalue weighted by Crippen LogP contribution is -2.15. The topological polar surface area (TPSA) is 43.6 Å². The fourth-order valence-electron chi connectivity index (χ4n) is 9.31. The number of aromatic nitrogens is 4. The summed E-state index contributed by atoms with van der Waals surface area (Å²) in [5.41, 5.74) is 14.0. The fourth-order valence-corrected chi connectivity index (χ4v) is 10.5. The Balaban J connectivity index is 0.984. The molecule has 0 fully saturated rings. The highest BCUT2D eigenvalue weighted by Gasteiger charge is 2.37. The van der Waals surface area contributed by atoms with Crippen LogP contribution < -0.4 is 0 Å². The average Bonchev–Trinajstić information content (AvgIpc) is 3.91. The Bertz CT molecular complexity index is 3390. The van der Waals surface area contributed by atoms with E-state index in [1.165, 1.54) is 75.5 Å². The van der Waals surface area contributed by atoms with Gasteiger partial charge in [0, 0.05) is 47.5 Å². The minimum absolute atomic E-state index is 0.205. The molecule has 59 heavy (non-hydrogen) atoms. The lowest BCUT2D eigenvalue weighted by Gasteiger charge is -2.22. The Morgan fingerprint density at radius 1 is 0.407 bits per heavy atom. The van der Waals surface area contributed by atoms with Crippen molar-refractivity contribution in [2.75, 3.05) is 0 Å². The minimum atomic E-state index is -0.205. The SMILES string of the molecule is CC1(C)c2cc(-c3ccc(-c4cccc5c4sc4ccccc45)cc3)ccc2-c2cc3c(cc21)c1ccccc1n3-c1nc(-c2ccccc2)nc(-c2ccccc2)n1. The standard InChI is InChI=1S/C54H36N4S/c1-54(2)45-30-37(33-24-26-34(27-25-33)38-20-13-21-42-41-19-10-12-23-49(41)59-50(38)42)28-29-39(45)43-32-48-44(31-46(43)54)40-18-9-11-22-47(40)58(48)53-56-51(35-14-5-3-6-15-35)55-52(57-53)36-16-7-4-8-17-36/h3-32H,1-2H3. The molecule has 0 atom stereocenters. The second-order valence-electron chi connectivity index (χ2n) is 16.0. The monoisotopic (exact) mass is 772 g/mol. The summed E-state index contributed by atoms with van der Waals surface area (Å²) in [5, 5.41) is 5.02. The molecule has 1 aliphatic carbocycles. The number of benzene rings is 8. The Labute approximate surface area is 345 Å². The van der Waals surface area contributed by atoms with E-state index in [2.05, 4.69) is 164 Å². The normalized spacial score (nSPS) is 13.1. The molecule has 278 valence electrons. The molecule has 3 aromatic heterocycles. The Kier molecular flexibility index (Phi) is 7.41. The van der Waals surface area contributed by atoms with Crippen molar-refractivity contribution in [3.05, 3.63) is 193 Å². The molecule has 8 aromatic carbocycles. The van der Waals surface area contributed by atoms with E-state index in [9.17, 15) is 0 Å².